The van der Waals surface area contributed by atoms with Crippen LogP contribution < -0.4 is 9.64 Å². The zero-order valence-electron chi connectivity index (χ0n) is 17.5. The minimum atomic E-state index is -0.799. The van der Waals surface area contributed by atoms with Crippen molar-refractivity contribution in [3.05, 3.63) is 95.6 Å². The standard InChI is InChI=1S/C25H20F2N2O4/c26-19-12-10-18(11-13-19)16-32-23-9-4-1-6-20(23)25(31)33-17-24(30)29(15-5-14-28)22-8-3-2-7-21(22)27/h1-4,6-13H,5,15-17H2. The molecule has 1 amide bonds. The van der Waals surface area contributed by atoms with Crippen molar-refractivity contribution >= 4 is 17.6 Å². The summed E-state index contributed by atoms with van der Waals surface area (Å²) in [6.07, 6.45) is -0.0198. The molecule has 0 N–H and O–H groups in total. The molecule has 3 aromatic rings. The number of benzene rings is 3. The van der Waals surface area contributed by atoms with Crippen molar-refractivity contribution in [3.63, 3.8) is 0 Å². The SMILES string of the molecule is N#CCCN(C(=O)COC(=O)c1ccccc1OCc1ccc(F)cc1)c1ccccc1F. The van der Waals surface area contributed by atoms with Crippen molar-refractivity contribution in [1.29, 1.82) is 5.26 Å². The number of amides is 1. The molecule has 3 aromatic carbocycles. The number of hydrogen-bond acceptors (Lipinski definition) is 5. The minimum absolute atomic E-state index is 0.00293. The first-order valence-electron chi connectivity index (χ1n) is 10.0. The fourth-order valence-electron chi connectivity index (χ4n) is 3.00. The summed E-state index contributed by atoms with van der Waals surface area (Å²) in [5, 5.41) is 8.86. The third kappa shape index (κ3) is 6.37. The number of anilines is 1. The molecule has 0 heterocycles. The molecule has 0 saturated heterocycles. The molecule has 0 radical (unpaired) electrons. The van der Waals surface area contributed by atoms with Gasteiger partial charge in [-0.25, -0.2) is 13.6 Å². The summed E-state index contributed by atoms with van der Waals surface area (Å²) < 4.78 is 38.1. The Morgan fingerprint density at radius 3 is 2.36 bits per heavy atom. The summed E-state index contributed by atoms with van der Waals surface area (Å²) in [6.45, 7) is -0.602. The van der Waals surface area contributed by atoms with Gasteiger partial charge in [0, 0.05) is 6.54 Å². The Hall–Kier alpha value is -4.25. The molecule has 33 heavy (non-hydrogen) atoms. The van der Waals surface area contributed by atoms with E-state index in [1.54, 1.807) is 36.4 Å². The fourth-order valence-corrected chi connectivity index (χ4v) is 3.00. The molecule has 8 heteroatoms. The molecule has 0 fully saturated rings. The average molecular weight is 450 g/mol. The normalized spacial score (nSPS) is 10.2. The average Bonchev–Trinajstić information content (AvgIpc) is 2.83. The lowest BCUT2D eigenvalue weighted by molar-refractivity contribution is -0.121. The van der Waals surface area contributed by atoms with Crippen molar-refractivity contribution in [2.45, 2.75) is 13.0 Å². The summed E-state index contributed by atoms with van der Waals surface area (Å²) in [5.74, 6) is -2.24. The van der Waals surface area contributed by atoms with Gasteiger partial charge in [-0.2, -0.15) is 5.26 Å². The number of ether oxygens (including phenoxy) is 2. The van der Waals surface area contributed by atoms with Gasteiger partial charge in [-0.3, -0.25) is 4.79 Å². The van der Waals surface area contributed by atoms with Gasteiger partial charge in [0.2, 0.25) is 0 Å². The zero-order valence-corrected chi connectivity index (χ0v) is 17.5. The summed E-state index contributed by atoms with van der Waals surface area (Å²) in [5.41, 5.74) is 0.798. The van der Waals surface area contributed by atoms with E-state index in [9.17, 15) is 18.4 Å². The Bertz CT molecular complexity index is 1160. The molecule has 6 nitrogen and oxygen atoms in total. The lowest BCUT2D eigenvalue weighted by Crippen LogP contribution is -2.36. The van der Waals surface area contributed by atoms with Gasteiger partial charge in [0.1, 0.15) is 29.6 Å². The molecule has 0 aliphatic carbocycles. The Morgan fingerprint density at radius 2 is 1.64 bits per heavy atom. The van der Waals surface area contributed by atoms with Gasteiger partial charge in [-0.1, -0.05) is 36.4 Å². The lowest BCUT2D eigenvalue weighted by Gasteiger charge is -2.22. The van der Waals surface area contributed by atoms with E-state index in [1.807, 2.05) is 6.07 Å². The van der Waals surface area contributed by atoms with Crippen LogP contribution >= 0.6 is 0 Å². The first kappa shape index (κ1) is 23.4. The first-order valence-corrected chi connectivity index (χ1v) is 10.0. The van der Waals surface area contributed by atoms with Gasteiger partial charge >= 0.3 is 5.97 Å². The first-order chi connectivity index (χ1) is 16.0. The van der Waals surface area contributed by atoms with E-state index < -0.39 is 24.3 Å². The van der Waals surface area contributed by atoms with Crippen LogP contribution in [0.15, 0.2) is 72.8 Å². The molecule has 168 valence electrons. The molecule has 0 atom stereocenters. The smallest absolute Gasteiger partial charge is 0.342 e. The Labute approximate surface area is 189 Å². The van der Waals surface area contributed by atoms with Crippen molar-refractivity contribution in [2.24, 2.45) is 0 Å². The molecule has 0 aromatic heterocycles. The van der Waals surface area contributed by atoms with Crippen LogP contribution in [-0.2, 0) is 16.1 Å². The van der Waals surface area contributed by atoms with Crippen molar-refractivity contribution in [2.75, 3.05) is 18.1 Å². The summed E-state index contributed by atoms with van der Waals surface area (Å²) in [6, 6.07) is 19.6. The topological polar surface area (TPSA) is 79.6 Å². The van der Waals surface area contributed by atoms with Crippen LogP contribution in [0.5, 0.6) is 5.75 Å². The van der Waals surface area contributed by atoms with Crippen molar-refractivity contribution < 1.29 is 27.8 Å². The number of nitriles is 1. The molecule has 0 unspecified atom stereocenters. The third-order valence-corrected chi connectivity index (χ3v) is 4.63. The maximum absolute atomic E-state index is 14.2. The van der Waals surface area contributed by atoms with Gasteiger partial charge in [-0.05, 0) is 42.0 Å². The van der Waals surface area contributed by atoms with E-state index in [0.717, 1.165) is 4.90 Å². The number of esters is 1. The van der Waals surface area contributed by atoms with Crippen molar-refractivity contribution in [1.82, 2.24) is 0 Å². The Morgan fingerprint density at radius 1 is 0.939 bits per heavy atom. The van der Waals surface area contributed by atoms with Crippen LogP contribution in [0.2, 0.25) is 0 Å². The van der Waals surface area contributed by atoms with Gasteiger partial charge in [0.25, 0.3) is 5.91 Å². The number of halogens is 2. The van der Waals surface area contributed by atoms with Crippen LogP contribution in [0.4, 0.5) is 14.5 Å². The van der Waals surface area contributed by atoms with Crippen LogP contribution in [0.3, 0.4) is 0 Å². The maximum atomic E-state index is 14.2. The molecule has 0 spiro atoms. The molecule has 0 aliphatic heterocycles. The quantitative estimate of drug-likeness (QED) is 0.444. The number of rotatable bonds is 9. The van der Waals surface area contributed by atoms with Gasteiger partial charge < -0.3 is 14.4 Å². The van der Waals surface area contributed by atoms with E-state index in [4.69, 9.17) is 14.7 Å². The van der Waals surface area contributed by atoms with E-state index >= 15 is 0 Å². The third-order valence-electron chi connectivity index (χ3n) is 4.63. The number of para-hydroxylation sites is 2. The van der Waals surface area contributed by atoms with Crippen LogP contribution in [0.25, 0.3) is 0 Å². The second kappa shape index (κ2) is 11.4. The molecule has 3 rings (SSSR count). The predicted molar refractivity (Wildman–Crippen MR) is 116 cm³/mol. The highest BCUT2D eigenvalue weighted by Crippen LogP contribution is 2.22. The zero-order chi connectivity index (χ0) is 23.6. The van der Waals surface area contributed by atoms with Gasteiger partial charge in [0.05, 0.1) is 18.2 Å². The molecular weight excluding hydrogens is 430 g/mol. The highest BCUT2D eigenvalue weighted by atomic mass is 19.1. The minimum Gasteiger partial charge on any atom is -0.488 e. The Balaban J connectivity index is 1.67. The highest BCUT2D eigenvalue weighted by molar-refractivity contribution is 5.98. The number of hydrogen-bond donors (Lipinski definition) is 0. The highest BCUT2D eigenvalue weighted by Gasteiger charge is 2.21. The number of carbonyl (C=O) groups is 2. The summed E-state index contributed by atoms with van der Waals surface area (Å²) >= 11 is 0. The van der Waals surface area contributed by atoms with Crippen LogP contribution in [0, 0.1) is 23.0 Å². The van der Waals surface area contributed by atoms with E-state index in [2.05, 4.69) is 0 Å². The number of nitrogens with zero attached hydrogens (tertiary/aromatic N) is 2. The Kier molecular flexibility index (Phi) is 8.08. The second-order valence-corrected chi connectivity index (χ2v) is 6.89. The van der Waals surface area contributed by atoms with E-state index in [1.165, 1.54) is 36.4 Å². The van der Waals surface area contributed by atoms with E-state index in [0.29, 0.717) is 5.56 Å². The summed E-state index contributed by atoms with van der Waals surface area (Å²) in [4.78, 5) is 26.4. The molecule has 0 aliphatic rings. The van der Waals surface area contributed by atoms with Crippen molar-refractivity contribution in [3.8, 4) is 11.8 Å². The second-order valence-electron chi connectivity index (χ2n) is 6.89. The van der Waals surface area contributed by atoms with Crippen LogP contribution in [0.1, 0.15) is 22.3 Å². The van der Waals surface area contributed by atoms with Gasteiger partial charge in [-0.15, -0.1) is 0 Å². The largest absolute Gasteiger partial charge is 0.488 e. The maximum Gasteiger partial charge on any atom is 0.342 e. The lowest BCUT2D eigenvalue weighted by atomic mass is 10.2. The van der Waals surface area contributed by atoms with Crippen LogP contribution in [-0.4, -0.2) is 25.0 Å². The van der Waals surface area contributed by atoms with Gasteiger partial charge in [0.15, 0.2) is 6.61 Å². The monoisotopic (exact) mass is 450 g/mol. The molecule has 0 saturated carbocycles. The van der Waals surface area contributed by atoms with E-state index in [-0.39, 0.29) is 42.4 Å². The molecular formula is C25H20F2N2O4. The predicted octanol–water partition coefficient (Wildman–Crippen LogP) is 4.65. The molecule has 0 bridgehead atoms. The number of carbonyl (C=O) groups excluding carboxylic acids is 2. The fraction of sp³-hybridized carbons (Fsp3) is 0.160. The summed E-state index contributed by atoms with van der Waals surface area (Å²) in [7, 11) is 0.